The van der Waals surface area contributed by atoms with E-state index in [0.717, 1.165) is 0 Å². The van der Waals surface area contributed by atoms with E-state index in [-0.39, 0.29) is 5.91 Å². The second-order valence-corrected chi connectivity index (χ2v) is 4.49. The Balaban J connectivity index is 2.91. The Morgan fingerprint density at radius 3 is 2.77 bits per heavy atom. The first-order valence-electron chi connectivity index (χ1n) is 3.58. The van der Waals surface area contributed by atoms with Gasteiger partial charge in [0.1, 0.15) is 0 Å². The maximum absolute atomic E-state index is 10.7. The minimum atomic E-state index is -2.88. The number of hydrogen-bond acceptors (Lipinski definition) is 2. The number of rotatable bonds is 2. The van der Waals surface area contributed by atoms with Gasteiger partial charge in [-0.25, -0.2) is 0 Å². The van der Waals surface area contributed by atoms with Crippen LogP contribution in [-0.4, -0.2) is 24.3 Å². The first-order chi connectivity index (χ1) is 6.09. The van der Waals surface area contributed by atoms with Crippen LogP contribution in [0, 0.1) is 0 Å². The Labute approximate surface area is 80.0 Å². The van der Waals surface area contributed by atoms with E-state index in [0.29, 0.717) is 10.1 Å². The molecule has 0 aromatic heterocycles. The Morgan fingerprint density at radius 2 is 2.23 bits per heavy atom. The molecule has 1 atom stereocenters. The molecule has 2 N–H and O–H groups in total. The van der Waals surface area contributed by atoms with Crippen LogP contribution in [-0.2, 0) is 8.63 Å². The zero-order valence-electron chi connectivity index (χ0n) is 6.98. The molecule has 5 heteroatoms. The third-order valence-electron chi connectivity index (χ3n) is 1.36. The summed E-state index contributed by atoms with van der Waals surface area (Å²) in [6, 6.07) is 6.35. The molecule has 1 aromatic carbocycles. The summed E-state index contributed by atoms with van der Waals surface area (Å²) in [6.07, 6.45) is 0. The van der Waals surface area contributed by atoms with E-state index in [4.69, 9.17) is 4.19 Å². The molecule has 4 nitrogen and oxygen atoms in total. The van der Waals surface area contributed by atoms with Crippen LogP contribution < -0.4 is 9.78 Å². The number of anilines is 1. The van der Waals surface area contributed by atoms with Crippen LogP contribution >= 0.6 is 0 Å². The Morgan fingerprint density at radius 1 is 1.54 bits per heavy atom. The third-order valence-corrected chi connectivity index (χ3v) is 2.73. The van der Waals surface area contributed by atoms with Crippen molar-refractivity contribution in [1.29, 1.82) is 0 Å². The number of nitrogens with one attached hydrogen (secondary N) is 1. The zero-order chi connectivity index (χ0) is 9.84. The maximum atomic E-state index is 10.7. The van der Waals surface area contributed by atoms with Crippen LogP contribution in [0.25, 0.3) is 0 Å². The van der Waals surface area contributed by atoms with Crippen molar-refractivity contribution in [2.45, 2.75) is 6.92 Å². The molecular formula is C8H9NO3Se. The van der Waals surface area contributed by atoms with Gasteiger partial charge >= 0.3 is 79.5 Å². The third kappa shape index (κ3) is 3.06. The molecule has 0 radical (unpaired) electrons. The molecule has 13 heavy (non-hydrogen) atoms. The molecule has 70 valence electrons. The van der Waals surface area contributed by atoms with E-state index in [9.17, 15) is 8.63 Å². The summed E-state index contributed by atoms with van der Waals surface area (Å²) in [6.45, 7) is 1.39. The van der Waals surface area contributed by atoms with Gasteiger partial charge in [-0.05, 0) is 0 Å². The Hall–Kier alpha value is -1.03. The second-order valence-electron chi connectivity index (χ2n) is 2.46. The van der Waals surface area contributed by atoms with Crippen LogP contribution in [0.1, 0.15) is 6.92 Å². The topological polar surface area (TPSA) is 66.4 Å². The molecule has 0 heterocycles. The molecule has 1 rings (SSSR count). The van der Waals surface area contributed by atoms with Crippen molar-refractivity contribution < 1.29 is 12.8 Å². The molecular weight excluding hydrogens is 237 g/mol. The molecule has 0 bridgehead atoms. The fourth-order valence-corrected chi connectivity index (χ4v) is 1.77. The quantitative estimate of drug-likeness (QED) is 0.708. The van der Waals surface area contributed by atoms with Crippen molar-refractivity contribution >= 4 is 30.2 Å². The Bertz CT molecular complexity index is 351. The summed E-state index contributed by atoms with van der Waals surface area (Å²) >= 11 is -2.88. The van der Waals surface area contributed by atoms with Crippen LogP contribution in [0.4, 0.5) is 5.69 Å². The molecule has 0 aliphatic carbocycles. The van der Waals surface area contributed by atoms with E-state index in [2.05, 4.69) is 5.32 Å². The molecule has 1 aromatic rings. The van der Waals surface area contributed by atoms with Gasteiger partial charge in [0, 0.05) is 0 Å². The average Bonchev–Trinajstić information content (AvgIpc) is 2.03. The van der Waals surface area contributed by atoms with Crippen molar-refractivity contribution in [2.75, 3.05) is 5.32 Å². The molecule has 0 aliphatic rings. The molecule has 0 spiro atoms. The summed E-state index contributed by atoms with van der Waals surface area (Å²) in [5.41, 5.74) is 0.545. The standard InChI is InChI=1S/C8H9NO3Se/c1-6(10)9-7-3-2-4-8(5-7)13(11)12/h2-5H,1H3,(H,9,10)(H,11,12). The molecule has 1 amide bonds. The number of hydrogen-bond donors (Lipinski definition) is 2. The van der Waals surface area contributed by atoms with E-state index in [1.54, 1.807) is 18.2 Å². The average molecular weight is 246 g/mol. The number of carbonyl (C=O) groups is 1. The van der Waals surface area contributed by atoms with Crippen molar-refractivity contribution in [3.63, 3.8) is 0 Å². The summed E-state index contributed by atoms with van der Waals surface area (Å²) in [7, 11) is 0. The van der Waals surface area contributed by atoms with E-state index in [1.165, 1.54) is 13.0 Å². The number of carbonyl (C=O) groups excluding carboxylic acids is 1. The van der Waals surface area contributed by atoms with Gasteiger partial charge in [0.15, 0.2) is 0 Å². The molecule has 0 fully saturated rings. The van der Waals surface area contributed by atoms with Gasteiger partial charge in [-0.15, -0.1) is 0 Å². The van der Waals surface area contributed by atoms with Gasteiger partial charge in [0.2, 0.25) is 0 Å². The van der Waals surface area contributed by atoms with Crippen molar-refractivity contribution in [3.05, 3.63) is 24.3 Å². The van der Waals surface area contributed by atoms with E-state index < -0.39 is 14.2 Å². The van der Waals surface area contributed by atoms with Crippen molar-refractivity contribution in [3.8, 4) is 0 Å². The van der Waals surface area contributed by atoms with E-state index >= 15 is 0 Å². The summed E-state index contributed by atoms with van der Waals surface area (Å²) in [5, 5.41) is 2.53. The van der Waals surface area contributed by atoms with Gasteiger partial charge in [0.05, 0.1) is 0 Å². The first-order valence-corrected chi connectivity index (χ1v) is 5.90. The van der Waals surface area contributed by atoms with Crippen LogP contribution in [0.2, 0.25) is 0 Å². The van der Waals surface area contributed by atoms with Crippen molar-refractivity contribution in [2.24, 2.45) is 0 Å². The van der Waals surface area contributed by atoms with Crippen LogP contribution in [0.15, 0.2) is 24.3 Å². The van der Waals surface area contributed by atoms with E-state index in [1.807, 2.05) is 0 Å². The predicted molar refractivity (Wildman–Crippen MR) is 49.0 cm³/mol. The summed E-state index contributed by atoms with van der Waals surface area (Å²) in [4.78, 5) is 10.7. The van der Waals surface area contributed by atoms with Gasteiger partial charge < -0.3 is 0 Å². The monoisotopic (exact) mass is 247 g/mol. The summed E-state index contributed by atoms with van der Waals surface area (Å²) in [5.74, 6) is -0.197. The first kappa shape index (κ1) is 10.1. The fraction of sp³-hybridized carbons (Fsp3) is 0.125. The molecule has 1 unspecified atom stereocenters. The van der Waals surface area contributed by atoms with Gasteiger partial charge in [-0.1, -0.05) is 0 Å². The molecule has 0 aliphatic heterocycles. The summed E-state index contributed by atoms with van der Waals surface area (Å²) < 4.78 is 19.9. The Kier molecular flexibility index (Phi) is 3.31. The zero-order valence-corrected chi connectivity index (χ0v) is 8.69. The fourth-order valence-electron chi connectivity index (χ4n) is 0.886. The second kappa shape index (κ2) is 4.28. The van der Waals surface area contributed by atoms with Gasteiger partial charge in [-0.2, -0.15) is 0 Å². The number of benzene rings is 1. The van der Waals surface area contributed by atoms with Gasteiger partial charge in [-0.3, -0.25) is 0 Å². The predicted octanol–water partition coefficient (Wildman–Crippen LogP) is -0.237. The number of amides is 1. The minimum absolute atomic E-state index is 0.197. The molecule has 0 saturated carbocycles. The van der Waals surface area contributed by atoms with Crippen LogP contribution in [0.3, 0.4) is 0 Å². The SMILES string of the molecule is CC(=O)Nc1cccc([Se](=O)O)c1. The van der Waals surface area contributed by atoms with Crippen LogP contribution in [0.5, 0.6) is 0 Å². The van der Waals surface area contributed by atoms with Gasteiger partial charge in [0.25, 0.3) is 0 Å². The normalized spacial score (nSPS) is 12.2. The van der Waals surface area contributed by atoms with Crippen molar-refractivity contribution in [1.82, 2.24) is 0 Å². The molecule has 0 saturated heterocycles.